The second-order valence-electron chi connectivity index (χ2n) is 7.81. The van der Waals surface area contributed by atoms with Crippen molar-refractivity contribution in [2.75, 3.05) is 19.6 Å². The molecule has 1 aromatic rings. The van der Waals surface area contributed by atoms with E-state index in [4.69, 9.17) is 33.0 Å². The third-order valence-corrected chi connectivity index (χ3v) is 6.37. The summed E-state index contributed by atoms with van der Waals surface area (Å²) in [6.07, 6.45) is 6.10. The molecular weight excluding hydrogens is 406 g/mol. The zero-order chi connectivity index (χ0) is 20.1. The molecule has 0 bridgehead atoms. The van der Waals surface area contributed by atoms with Crippen molar-refractivity contribution in [3.8, 4) is 5.75 Å². The zero-order valence-electron chi connectivity index (χ0n) is 15.8. The fraction of sp³-hybridized carbons (Fsp3) is 0.650. The highest BCUT2D eigenvalue weighted by Gasteiger charge is 2.25. The first-order valence-corrected chi connectivity index (χ1v) is 10.7. The van der Waals surface area contributed by atoms with E-state index >= 15 is 0 Å². The third kappa shape index (κ3) is 6.13. The van der Waals surface area contributed by atoms with Crippen LogP contribution in [0.3, 0.4) is 0 Å². The molecule has 156 valence electrons. The van der Waals surface area contributed by atoms with Crippen molar-refractivity contribution in [2.24, 2.45) is 5.92 Å². The van der Waals surface area contributed by atoms with Gasteiger partial charge in [-0.05, 0) is 69.5 Å². The highest BCUT2D eigenvalue weighted by Crippen LogP contribution is 2.35. The summed E-state index contributed by atoms with van der Waals surface area (Å²) in [6, 6.07) is 2.56. The molecule has 28 heavy (non-hydrogen) atoms. The second-order valence-corrected chi connectivity index (χ2v) is 8.63. The lowest BCUT2D eigenvalue weighted by molar-refractivity contribution is 0.0949. The van der Waals surface area contributed by atoms with Gasteiger partial charge in [0.2, 0.25) is 0 Å². The monoisotopic (exact) mass is 432 g/mol. The summed E-state index contributed by atoms with van der Waals surface area (Å²) in [7, 11) is 0. The van der Waals surface area contributed by atoms with Crippen molar-refractivity contribution in [1.29, 1.82) is 0 Å². The largest absolute Gasteiger partial charge is 0.487 e. The Morgan fingerprint density at radius 1 is 1.14 bits per heavy atom. The van der Waals surface area contributed by atoms with E-state index in [-0.39, 0.29) is 22.2 Å². The van der Waals surface area contributed by atoms with Crippen LogP contribution in [0.5, 0.6) is 5.75 Å². The Balaban J connectivity index is 1.37. The zero-order valence-corrected chi connectivity index (χ0v) is 17.3. The number of likely N-dealkylation sites (tertiary alicyclic amines) is 1. The van der Waals surface area contributed by atoms with E-state index in [0.29, 0.717) is 11.7 Å². The minimum absolute atomic E-state index is 0.0363. The Bertz CT molecular complexity index is 652. The first-order chi connectivity index (χ1) is 13.4. The van der Waals surface area contributed by atoms with Crippen LogP contribution < -0.4 is 10.1 Å². The summed E-state index contributed by atoms with van der Waals surface area (Å²) in [5, 5.41) is 11.8. The van der Waals surface area contributed by atoms with Crippen molar-refractivity contribution < 1.29 is 19.0 Å². The summed E-state index contributed by atoms with van der Waals surface area (Å²) >= 11 is 12.1. The number of piperidine rings is 1. The number of ether oxygens (including phenoxy) is 1. The molecule has 0 aromatic heterocycles. The molecule has 5 nitrogen and oxygen atoms in total. The smallest absolute Gasteiger partial charge is 0.404 e. The molecule has 1 heterocycles. The van der Waals surface area contributed by atoms with Gasteiger partial charge in [0.1, 0.15) is 11.9 Å². The van der Waals surface area contributed by atoms with Gasteiger partial charge >= 0.3 is 6.09 Å². The highest BCUT2D eigenvalue weighted by molar-refractivity contribution is 6.37. The average Bonchev–Trinajstić information content (AvgIpc) is 2.64. The van der Waals surface area contributed by atoms with Gasteiger partial charge in [0.25, 0.3) is 0 Å². The number of hydrogen-bond acceptors (Lipinski definition) is 3. The van der Waals surface area contributed by atoms with Crippen molar-refractivity contribution in [1.82, 2.24) is 10.2 Å². The number of rotatable bonds is 6. The Kier molecular flexibility index (Phi) is 7.66. The van der Waals surface area contributed by atoms with Crippen molar-refractivity contribution in [2.45, 2.75) is 57.1 Å². The molecule has 2 N–H and O–H groups in total. The number of benzene rings is 1. The van der Waals surface area contributed by atoms with Gasteiger partial charge in [-0.3, -0.25) is 0 Å². The molecule has 8 heteroatoms. The molecule has 1 saturated heterocycles. The first kappa shape index (κ1) is 21.5. The molecule has 1 saturated carbocycles. The summed E-state index contributed by atoms with van der Waals surface area (Å²) in [5.74, 6) is 0.581. The minimum atomic E-state index is -0.920. The predicted molar refractivity (Wildman–Crippen MR) is 108 cm³/mol. The van der Waals surface area contributed by atoms with Crippen molar-refractivity contribution >= 4 is 29.3 Å². The Morgan fingerprint density at radius 2 is 1.75 bits per heavy atom. The number of carboxylic acid groups (broad SMARTS) is 1. The lowest BCUT2D eigenvalue weighted by atomic mass is 9.84. The van der Waals surface area contributed by atoms with Crippen LogP contribution in [-0.4, -0.2) is 47.9 Å². The van der Waals surface area contributed by atoms with Crippen LogP contribution in [-0.2, 0) is 0 Å². The molecule has 1 amide bonds. The predicted octanol–water partition coefficient (Wildman–Crippen LogP) is 5.19. The van der Waals surface area contributed by atoms with Gasteiger partial charge in [-0.15, -0.1) is 0 Å². The second kappa shape index (κ2) is 9.99. The van der Waals surface area contributed by atoms with Crippen LogP contribution in [0.1, 0.15) is 44.9 Å². The normalized spacial score (nSPS) is 24.1. The van der Waals surface area contributed by atoms with Gasteiger partial charge in [0.05, 0.1) is 10.0 Å². The van der Waals surface area contributed by atoms with E-state index in [1.807, 2.05) is 0 Å². The maximum atomic E-state index is 13.3. The van der Waals surface area contributed by atoms with Crippen LogP contribution in [0.2, 0.25) is 10.0 Å². The average molecular weight is 433 g/mol. The number of carbonyl (C=O) groups is 1. The molecule has 1 aliphatic heterocycles. The van der Waals surface area contributed by atoms with Crippen molar-refractivity contribution in [3.05, 3.63) is 28.0 Å². The summed E-state index contributed by atoms with van der Waals surface area (Å²) in [4.78, 5) is 13.2. The topological polar surface area (TPSA) is 61.8 Å². The minimum Gasteiger partial charge on any atom is -0.487 e. The molecule has 1 aromatic carbocycles. The maximum Gasteiger partial charge on any atom is 0.404 e. The molecular formula is C20H27Cl2FN2O3. The fourth-order valence-electron chi connectivity index (χ4n) is 4.19. The summed E-state index contributed by atoms with van der Waals surface area (Å²) in [5.41, 5.74) is 0. The Hall–Kier alpha value is -1.24. The fourth-order valence-corrected chi connectivity index (χ4v) is 4.74. The molecule has 0 spiro atoms. The number of hydrogen-bond donors (Lipinski definition) is 2. The van der Waals surface area contributed by atoms with Crippen LogP contribution >= 0.6 is 23.2 Å². The number of halogens is 3. The molecule has 0 radical (unpaired) electrons. The molecule has 2 fully saturated rings. The van der Waals surface area contributed by atoms with E-state index in [0.717, 1.165) is 64.6 Å². The van der Waals surface area contributed by atoms with E-state index < -0.39 is 11.9 Å². The quantitative estimate of drug-likeness (QED) is 0.648. The van der Waals surface area contributed by atoms with Gasteiger partial charge < -0.3 is 20.1 Å². The van der Waals surface area contributed by atoms with Crippen LogP contribution in [0, 0.1) is 11.7 Å². The van der Waals surface area contributed by atoms with Gasteiger partial charge in [-0.1, -0.05) is 23.2 Å². The van der Waals surface area contributed by atoms with Gasteiger partial charge in [-0.2, -0.15) is 0 Å². The van der Waals surface area contributed by atoms with Crippen molar-refractivity contribution in [3.63, 3.8) is 0 Å². The number of nitrogens with one attached hydrogen (secondary N) is 1. The van der Waals surface area contributed by atoms with E-state index in [9.17, 15) is 9.18 Å². The van der Waals surface area contributed by atoms with Gasteiger partial charge in [0, 0.05) is 19.1 Å². The third-order valence-electron chi connectivity index (χ3n) is 5.81. The molecule has 3 rings (SSSR count). The lowest BCUT2D eigenvalue weighted by Gasteiger charge is -2.34. The number of nitrogens with zero attached hydrogens (tertiary/aromatic N) is 1. The van der Waals surface area contributed by atoms with Crippen LogP contribution in [0.15, 0.2) is 12.1 Å². The summed E-state index contributed by atoms with van der Waals surface area (Å²) < 4.78 is 19.2. The van der Waals surface area contributed by atoms with E-state index in [2.05, 4.69) is 10.2 Å². The highest BCUT2D eigenvalue weighted by atomic mass is 35.5. The molecule has 1 aliphatic carbocycles. The van der Waals surface area contributed by atoms with Crippen LogP contribution in [0.25, 0.3) is 0 Å². The standard InChI is InChI=1S/C20H27Cl2FN2O3/c21-17-11-14(23)12-18(22)19(17)28-16-6-9-25(10-7-16)8-5-13-1-3-15(4-2-13)24-20(26)27/h11-13,15-16,24H,1-10H2,(H,26,27). The Morgan fingerprint density at radius 3 is 2.32 bits per heavy atom. The van der Waals surface area contributed by atoms with E-state index in [1.165, 1.54) is 12.1 Å². The Labute approximate surface area is 175 Å². The molecule has 0 unspecified atom stereocenters. The lowest BCUT2D eigenvalue weighted by Crippen LogP contribution is -2.40. The van der Waals surface area contributed by atoms with Gasteiger partial charge in [0.15, 0.2) is 5.75 Å². The maximum absolute atomic E-state index is 13.3. The number of amides is 1. The van der Waals surface area contributed by atoms with Gasteiger partial charge in [-0.25, -0.2) is 9.18 Å². The summed E-state index contributed by atoms with van der Waals surface area (Å²) in [6.45, 7) is 2.97. The van der Waals surface area contributed by atoms with Crippen LogP contribution in [0.4, 0.5) is 9.18 Å². The first-order valence-electron chi connectivity index (χ1n) is 9.93. The SMILES string of the molecule is O=C(O)NC1CCC(CCN2CCC(Oc3c(Cl)cc(F)cc3Cl)CC2)CC1. The molecule has 2 aliphatic rings. The van der Waals surface area contributed by atoms with E-state index in [1.54, 1.807) is 0 Å². The molecule has 0 atom stereocenters.